The van der Waals surface area contributed by atoms with E-state index in [1.54, 1.807) is 7.05 Å². The van der Waals surface area contributed by atoms with Crippen LogP contribution in [0, 0.1) is 6.92 Å². The minimum absolute atomic E-state index is 0.269. The lowest BCUT2D eigenvalue weighted by Crippen LogP contribution is -2.28. The van der Waals surface area contributed by atoms with Gasteiger partial charge in [0.1, 0.15) is 6.61 Å². The zero-order valence-electron chi connectivity index (χ0n) is 8.83. The van der Waals surface area contributed by atoms with Gasteiger partial charge in [0.2, 0.25) is 5.91 Å². The molecule has 1 rings (SSSR count). The van der Waals surface area contributed by atoms with Gasteiger partial charge in [-0.15, -0.1) is 0 Å². The van der Waals surface area contributed by atoms with Crippen LogP contribution < -0.4 is 0 Å². The van der Waals surface area contributed by atoms with Crippen molar-refractivity contribution in [1.82, 2.24) is 4.90 Å². The quantitative estimate of drug-likeness (QED) is 0.910. The Labute approximate surface area is 97.8 Å². The molecule has 82 valence electrons. The molecule has 4 heteroatoms. The van der Waals surface area contributed by atoms with Crippen LogP contribution in [0.25, 0.3) is 0 Å². The number of nitrogens with zero attached hydrogens (tertiary/aromatic N) is 1. The zero-order chi connectivity index (χ0) is 11.4. The van der Waals surface area contributed by atoms with Crippen LogP contribution >= 0.6 is 15.9 Å². The van der Waals surface area contributed by atoms with E-state index >= 15 is 0 Å². The van der Waals surface area contributed by atoms with Gasteiger partial charge in [-0.2, -0.15) is 0 Å². The van der Waals surface area contributed by atoms with Crippen molar-refractivity contribution in [3.05, 3.63) is 33.8 Å². The zero-order valence-corrected chi connectivity index (χ0v) is 10.4. The number of aliphatic hydroxyl groups is 1. The van der Waals surface area contributed by atoms with Gasteiger partial charge in [-0.25, -0.2) is 0 Å². The molecule has 15 heavy (non-hydrogen) atoms. The molecule has 0 saturated carbocycles. The average molecular weight is 272 g/mol. The van der Waals surface area contributed by atoms with Crippen molar-refractivity contribution in [3.8, 4) is 0 Å². The third-order valence-corrected chi connectivity index (χ3v) is 2.77. The van der Waals surface area contributed by atoms with Gasteiger partial charge in [0.05, 0.1) is 0 Å². The highest BCUT2D eigenvalue weighted by Gasteiger charge is 2.09. The van der Waals surface area contributed by atoms with Gasteiger partial charge in [0, 0.05) is 18.1 Å². The Morgan fingerprint density at radius 3 is 2.80 bits per heavy atom. The van der Waals surface area contributed by atoms with Crippen LogP contribution in [0.2, 0.25) is 0 Å². The fourth-order valence-corrected chi connectivity index (χ4v) is 1.68. The molecule has 0 saturated heterocycles. The average Bonchev–Trinajstić information content (AvgIpc) is 2.22. The Morgan fingerprint density at radius 2 is 2.20 bits per heavy atom. The van der Waals surface area contributed by atoms with Crippen molar-refractivity contribution < 1.29 is 9.90 Å². The van der Waals surface area contributed by atoms with Crippen LogP contribution in [0.3, 0.4) is 0 Å². The van der Waals surface area contributed by atoms with E-state index in [1.807, 2.05) is 25.1 Å². The third kappa shape index (κ3) is 3.32. The fraction of sp³-hybridized carbons (Fsp3) is 0.364. The van der Waals surface area contributed by atoms with Crippen molar-refractivity contribution in [2.45, 2.75) is 13.5 Å². The summed E-state index contributed by atoms with van der Waals surface area (Å²) in [5.41, 5.74) is 2.21. The first kappa shape index (κ1) is 12.2. The molecule has 0 radical (unpaired) electrons. The van der Waals surface area contributed by atoms with Crippen LogP contribution in [-0.2, 0) is 11.3 Å². The summed E-state index contributed by atoms with van der Waals surface area (Å²) in [6.45, 7) is 2.08. The predicted molar refractivity (Wildman–Crippen MR) is 62.4 cm³/mol. The summed E-state index contributed by atoms with van der Waals surface area (Å²) in [6, 6.07) is 5.94. The van der Waals surface area contributed by atoms with Crippen LogP contribution in [0.5, 0.6) is 0 Å². The summed E-state index contributed by atoms with van der Waals surface area (Å²) in [5, 5.41) is 8.71. The van der Waals surface area contributed by atoms with E-state index < -0.39 is 6.61 Å². The number of carbonyl (C=O) groups excluding carboxylic acids is 1. The van der Waals surface area contributed by atoms with E-state index in [0.29, 0.717) is 6.54 Å². The summed E-state index contributed by atoms with van der Waals surface area (Å²) in [4.78, 5) is 12.7. The molecule has 0 aromatic heterocycles. The number of hydrogen-bond donors (Lipinski definition) is 1. The predicted octanol–water partition coefficient (Wildman–Crippen LogP) is 1.71. The number of carbonyl (C=O) groups is 1. The molecule has 0 fully saturated rings. The standard InChI is InChI=1S/C11H14BrNO2/c1-8-3-4-10(12)5-9(8)6-13(2)11(15)7-14/h3-5,14H,6-7H2,1-2H3. The van der Waals surface area contributed by atoms with Crippen molar-refractivity contribution in [1.29, 1.82) is 0 Å². The maximum atomic E-state index is 11.2. The van der Waals surface area contributed by atoms with Crippen molar-refractivity contribution in [2.24, 2.45) is 0 Å². The summed E-state index contributed by atoms with van der Waals surface area (Å²) >= 11 is 3.39. The van der Waals surface area contributed by atoms with E-state index in [9.17, 15) is 4.79 Å². The number of hydrogen-bond acceptors (Lipinski definition) is 2. The van der Waals surface area contributed by atoms with Gasteiger partial charge in [-0.05, 0) is 30.2 Å². The lowest BCUT2D eigenvalue weighted by Gasteiger charge is -2.17. The Morgan fingerprint density at radius 1 is 1.53 bits per heavy atom. The lowest BCUT2D eigenvalue weighted by atomic mass is 10.1. The number of rotatable bonds is 3. The SMILES string of the molecule is Cc1ccc(Br)cc1CN(C)C(=O)CO. The van der Waals surface area contributed by atoms with Gasteiger partial charge in [-0.3, -0.25) is 4.79 Å². The third-order valence-electron chi connectivity index (χ3n) is 2.28. The molecule has 3 nitrogen and oxygen atoms in total. The van der Waals surface area contributed by atoms with Gasteiger partial charge < -0.3 is 10.0 Å². The van der Waals surface area contributed by atoms with E-state index in [2.05, 4.69) is 15.9 Å². The minimum Gasteiger partial charge on any atom is -0.387 e. The maximum absolute atomic E-state index is 11.2. The number of aryl methyl sites for hydroxylation is 1. The molecule has 0 heterocycles. The van der Waals surface area contributed by atoms with Crippen LogP contribution in [0.4, 0.5) is 0 Å². The molecule has 1 N–H and O–H groups in total. The minimum atomic E-state index is -0.441. The number of benzene rings is 1. The Balaban J connectivity index is 2.80. The number of aliphatic hydroxyl groups excluding tert-OH is 1. The molecule has 1 aromatic carbocycles. The second-order valence-electron chi connectivity index (χ2n) is 3.48. The summed E-state index contributed by atoms with van der Waals surface area (Å²) in [5.74, 6) is -0.269. The summed E-state index contributed by atoms with van der Waals surface area (Å²) < 4.78 is 0.993. The van der Waals surface area contributed by atoms with E-state index in [-0.39, 0.29) is 5.91 Å². The van der Waals surface area contributed by atoms with Crippen molar-refractivity contribution in [2.75, 3.05) is 13.7 Å². The number of amides is 1. The highest BCUT2D eigenvalue weighted by Crippen LogP contribution is 2.17. The van der Waals surface area contributed by atoms with Gasteiger partial charge in [-0.1, -0.05) is 22.0 Å². The highest BCUT2D eigenvalue weighted by molar-refractivity contribution is 9.10. The number of halogens is 1. The van der Waals surface area contributed by atoms with Crippen LogP contribution in [0.1, 0.15) is 11.1 Å². The second-order valence-corrected chi connectivity index (χ2v) is 4.39. The summed E-state index contributed by atoms with van der Waals surface area (Å²) in [6.07, 6.45) is 0. The smallest absolute Gasteiger partial charge is 0.248 e. The second kappa shape index (κ2) is 5.28. The van der Waals surface area contributed by atoms with Crippen molar-refractivity contribution >= 4 is 21.8 Å². The number of likely N-dealkylation sites (N-methyl/N-ethyl adjacent to an activating group) is 1. The molecular formula is C11H14BrNO2. The van der Waals surface area contributed by atoms with Crippen molar-refractivity contribution in [3.63, 3.8) is 0 Å². The molecule has 1 amide bonds. The van der Waals surface area contributed by atoms with E-state index in [1.165, 1.54) is 4.90 Å². The Kier molecular flexibility index (Phi) is 4.29. The molecule has 0 spiro atoms. The Bertz CT molecular complexity index is 366. The van der Waals surface area contributed by atoms with E-state index in [0.717, 1.165) is 15.6 Å². The molecule has 0 bridgehead atoms. The topological polar surface area (TPSA) is 40.5 Å². The molecular weight excluding hydrogens is 258 g/mol. The van der Waals surface area contributed by atoms with Gasteiger partial charge in [0.15, 0.2) is 0 Å². The molecule has 0 aliphatic heterocycles. The van der Waals surface area contributed by atoms with Crippen LogP contribution in [0.15, 0.2) is 22.7 Å². The van der Waals surface area contributed by atoms with Gasteiger partial charge >= 0.3 is 0 Å². The highest BCUT2D eigenvalue weighted by atomic mass is 79.9. The first-order valence-electron chi connectivity index (χ1n) is 4.64. The fourth-order valence-electron chi connectivity index (χ4n) is 1.27. The van der Waals surface area contributed by atoms with E-state index in [4.69, 9.17) is 5.11 Å². The van der Waals surface area contributed by atoms with Crippen LogP contribution in [-0.4, -0.2) is 29.6 Å². The van der Waals surface area contributed by atoms with Gasteiger partial charge in [0.25, 0.3) is 0 Å². The largest absolute Gasteiger partial charge is 0.387 e. The molecule has 0 aliphatic carbocycles. The first-order valence-corrected chi connectivity index (χ1v) is 5.43. The normalized spacial score (nSPS) is 10.1. The summed E-state index contributed by atoms with van der Waals surface area (Å²) in [7, 11) is 1.68. The molecule has 0 unspecified atom stereocenters. The molecule has 1 aromatic rings. The monoisotopic (exact) mass is 271 g/mol. The molecule has 0 atom stereocenters. The molecule has 0 aliphatic rings. The first-order chi connectivity index (χ1) is 7.04. The maximum Gasteiger partial charge on any atom is 0.248 e. The lowest BCUT2D eigenvalue weighted by molar-refractivity contribution is -0.133. The Hall–Kier alpha value is -0.870.